The summed E-state index contributed by atoms with van der Waals surface area (Å²) in [6, 6.07) is 12.4. The van der Waals surface area contributed by atoms with Gasteiger partial charge >= 0.3 is 0 Å². The van der Waals surface area contributed by atoms with E-state index in [1.54, 1.807) is 0 Å². The van der Waals surface area contributed by atoms with Gasteiger partial charge in [-0.05, 0) is 91.6 Å². The van der Waals surface area contributed by atoms with E-state index in [2.05, 4.69) is 109 Å². The lowest BCUT2D eigenvalue weighted by Crippen LogP contribution is -2.41. The minimum Gasteiger partial charge on any atom is -0.283 e. The van der Waals surface area contributed by atoms with E-state index in [0.717, 1.165) is 45.3 Å². The molecule has 0 aliphatic carbocycles. The van der Waals surface area contributed by atoms with E-state index in [1.165, 1.54) is 0 Å². The number of aromatic nitrogens is 8. The van der Waals surface area contributed by atoms with Crippen molar-refractivity contribution >= 4 is 0 Å². The molecule has 4 rings (SSSR count). The van der Waals surface area contributed by atoms with E-state index < -0.39 is 0 Å². The maximum atomic E-state index is 4.37. The van der Waals surface area contributed by atoms with Gasteiger partial charge in [0.1, 0.15) is 0 Å². The highest BCUT2D eigenvalue weighted by Crippen LogP contribution is 2.24. The van der Waals surface area contributed by atoms with Gasteiger partial charge in [0, 0.05) is 5.54 Å². The Bertz CT molecular complexity index is 1130. The molecule has 0 atom stereocenters. The summed E-state index contributed by atoms with van der Waals surface area (Å²) in [6.07, 6.45) is 0. The summed E-state index contributed by atoms with van der Waals surface area (Å²) in [5.74, 6) is 1.54. The van der Waals surface area contributed by atoms with Crippen LogP contribution in [0.1, 0.15) is 54.7 Å². The van der Waals surface area contributed by atoms with Gasteiger partial charge in [0.2, 0.25) is 0 Å². The van der Waals surface area contributed by atoms with Crippen LogP contribution in [0.4, 0.5) is 0 Å². The summed E-state index contributed by atoms with van der Waals surface area (Å²) >= 11 is 0. The van der Waals surface area contributed by atoms with Crippen LogP contribution in [-0.4, -0.2) is 50.9 Å². The third kappa shape index (κ3) is 4.54. The Labute approximate surface area is 194 Å². The van der Waals surface area contributed by atoms with Crippen LogP contribution in [0.3, 0.4) is 0 Å². The van der Waals surface area contributed by atoms with Gasteiger partial charge < -0.3 is 0 Å². The molecule has 0 radical (unpaired) electrons. The zero-order valence-electron chi connectivity index (χ0n) is 20.4. The number of para-hydroxylation sites is 2. The molecular formula is C24H31N9. The van der Waals surface area contributed by atoms with Gasteiger partial charge in [0.15, 0.2) is 11.6 Å². The smallest absolute Gasteiger partial charge is 0.170 e. The quantitative estimate of drug-likeness (QED) is 0.447. The lowest BCUT2D eigenvalue weighted by Gasteiger charge is -2.34. The summed E-state index contributed by atoms with van der Waals surface area (Å²) in [5.41, 5.74) is 6.39. The fraction of sp³-hybridized carbons (Fsp3) is 0.417. The molecule has 4 aromatic rings. The fourth-order valence-corrected chi connectivity index (χ4v) is 4.11. The third-order valence-electron chi connectivity index (χ3n) is 5.98. The predicted molar refractivity (Wildman–Crippen MR) is 126 cm³/mol. The van der Waals surface area contributed by atoms with Crippen LogP contribution in [0, 0.1) is 27.7 Å². The normalized spacial score (nSPS) is 12.0. The lowest BCUT2D eigenvalue weighted by molar-refractivity contribution is 0.109. The van der Waals surface area contributed by atoms with Crippen LogP contribution in [-0.2, 0) is 13.1 Å². The van der Waals surface area contributed by atoms with E-state index in [9.17, 15) is 0 Å². The van der Waals surface area contributed by atoms with E-state index in [-0.39, 0.29) is 5.54 Å². The molecule has 172 valence electrons. The van der Waals surface area contributed by atoms with Crippen LogP contribution in [0.5, 0.6) is 0 Å². The molecule has 2 aromatic heterocycles. The van der Waals surface area contributed by atoms with Crippen molar-refractivity contribution in [3.8, 4) is 11.4 Å². The van der Waals surface area contributed by atoms with Gasteiger partial charge in [-0.3, -0.25) is 4.90 Å². The first-order valence-corrected chi connectivity index (χ1v) is 11.1. The maximum absolute atomic E-state index is 4.37. The van der Waals surface area contributed by atoms with Gasteiger partial charge in [-0.1, -0.05) is 36.4 Å². The molecule has 0 saturated heterocycles. The van der Waals surface area contributed by atoms with Crippen molar-refractivity contribution in [3.63, 3.8) is 0 Å². The minimum absolute atomic E-state index is 0.172. The Morgan fingerprint density at radius 3 is 1.36 bits per heavy atom. The van der Waals surface area contributed by atoms with E-state index in [1.807, 2.05) is 21.5 Å². The van der Waals surface area contributed by atoms with E-state index in [4.69, 9.17) is 0 Å². The summed E-state index contributed by atoms with van der Waals surface area (Å²) in [5, 5.41) is 25.3. The monoisotopic (exact) mass is 445 g/mol. The lowest BCUT2D eigenvalue weighted by atomic mass is 10.1. The standard InChI is InChI=1S/C24H31N9/c1-16-10-8-11-17(2)22(16)32-20(25-27-29-32)14-31(24(5,6)7)15-21-26-28-30-33(21)23-18(3)12-9-13-19(23)4/h8-13H,14-15H2,1-7H3. The van der Waals surface area contributed by atoms with Crippen molar-refractivity contribution in [2.24, 2.45) is 0 Å². The van der Waals surface area contributed by atoms with Crippen molar-refractivity contribution in [1.82, 2.24) is 45.3 Å². The molecule has 0 bridgehead atoms. The molecule has 9 heteroatoms. The Hall–Kier alpha value is -3.46. The highest BCUT2D eigenvalue weighted by atomic mass is 15.6. The topological polar surface area (TPSA) is 90.4 Å². The first-order chi connectivity index (χ1) is 15.7. The summed E-state index contributed by atoms with van der Waals surface area (Å²) in [7, 11) is 0. The maximum Gasteiger partial charge on any atom is 0.170 e. The summed E-state index contributed by atoms with van der Waals surface area (Å²) in [4.78, 5) is 2.29. The molecule has 2 heterocycles. The molecule has 0 saturated carbocycles. The highest BCUT2D eigenvalue weighted by molar-refractivity contribution is 5.47. The first kappa shape index (κ1) is 22.7. The molecule has 9 nitrogen and oxygen atoms in total. The van der Waals surface area contributed by atoms with Gasteiger partial charge in [0.25, 0.3) is 0 Å². The summed E-state index contributed by atoms with van der Waals surface area (Å²) in [6.45, 7) is 15.9. The molecule has 0 unspecified atom stereocenters. The number of aryl methyl sites for hydroxylation is 4. The Balaban J connectivity index is 1.69. The van der Waals surface area contributed by atoms with E-state index in [0.29, 0.717) is 13.1 Å². The Kier molecular flexibility index (Phi) is 6.07. The van der Waals surface area contributed by atoms with Crippen LogP contribution >= 0.6 is 0 Å². The second-order valence-electron chi connectivity index (χ2n) is 9.52. The van der Waals surface area contributed by atoms with Gasteiger partial charge in [-0.2, -0.15) is 9.36 Å². The summed E-state index contributed by atoms with van der Waals surface area (Å²) < 4.78 is 3.69. The van der Waals surface area contributed by atoms with Crippen molar-refractivity contribution in [1.29, 1.82) is 0 Å². The van der Waals surface area contributed by atoms with Crippen LogP contribution in [0.15, 0.2) is 36.4 Å². The number of benzene rings is 2. The zero-order chi connectivity index (χ0) is 23.8. The Morgan fingerprint density at radius 2 is 1.03 bits per heavy atom. The highest BCUT2D eigenvalue weighted by Gasteiger charge is 2.27. The van der Waals surface area contributed by atoms with Crippen molar-refractivity contribution in [2.75, 3.05) is 0 Å². The second kappa shape index (κ2) is 8.82. The average molecular weight is 446 g/mol. The number of hydrogen-bond acceptors (Lipinski definition) is 7. The minimum atomic E-state index is -0.172. The van der Waals surface area contributed by atoms with Gasteiger partial charge in [0.05, 0.1) is 24.5 Å². The molecule has 0 N–H and O–H groups in total. The molecule has 0 fully saturated rings. The predicted octanol–water partition coefficient (Wildman–Crippen LogP) is 3.67. The molecule has 0 amide bonds. The molecule has 33 heavy (non-hydrogen) atoms. The van der Waals surface area contributed by atoms with E-state index >= 15 is 0 Å². The number of nitrogens with zero attached hydrogens (tertiary/aromatic N) is 9. The third-order valence-corrected chi connectivity index (χ3v) is 5.98. The molecule has 0 spiro atoms. The SMILES string of the molecule is Cc1cccc(C)c1-n1nnnc1CN(Cc1nnnn1-c1c(C)cccc1C)C(C)(C)C. The largest absolute Gasteiger partial charge is 0.283 e. The van der Waals surface area contributed by atoms with Gasteiger partial charge in [-0.15, -0.1) is 10.2 Å². The molecule has 0 aliphatic heterocycles. The number of tetrazole rings is 2. The fourth-order valence-electron chi connectivity index (χ4n) is 4.11. The molecule has 2 aromatic carbocycles. The second-order valence-corrected chi connectivity index (χ2v) is 9.52. The van der Waals surface area contributed by atoms with Crippen LogP contribution in [0.2, 0.25) is 0 Å². The van der Waals surface area contributed by atoms with Crippen LogP contribution < -0.4 is 0 Å². The molecule has 0 aliphatic rings. The molecular weight excluding hydrogens is 414 g/mol. The van der Waals surface area contributed by atoms with Crippen LogP contribution in [0.25, 0.3) is 11.4 Å². The number of hydrogen-bond donors (Lipinski definition) is 0. The van der Waals surface area contributed by atoms with Crippen molar-refractivity contribution < 1.29 is 0 Å². The first-order valence-electron chi connectivity index (χ1n) is 11.1. The Morgan fingerprint density at radius 1 is 0.667 bits per heavy atom. The zero-order valence-corrected chi connectivity index (χ0v) is 20.4. The van der Waals surface area contributed by atoms with Gasteiger partial charge in [-0.25, -0.2) is 0 Å². The number of rotatable bonds is 6. The van der Waals surface area contributed by atoms with Crippen molar-refractivity contribution in [2.45, 2.75) is 67.1 Å². The van der Waals surface area contributed by atoms with Crippen molar-refractivity contribution in [3.05, 3.63) is 70.3 Å². The average Bonchev–Trinajstić information content (AvgIpc) is 3.37.